The van der Waals surface area contributed by atoms with Crippen LogP contribution in [0.3, 0.4) is 0 Å². The first-order valence-corrected chi connectivity index (χ1v) is 9.09. The van der Waals surface area contributed by atoms with E-state index in [4.69, 9.17) is 4.74 Å². The van der Waals surface area contributed by atoms with Gasteiger partial charge in [-0.05, 0) is 47.6 Å². The number of ether oxygens (including phenoxy) is 1. The predicted molar refractivity (Wildman–Crippen MR) is 101 cm³/mol. The first kappa shape index (κ1) is 17.7. The highest BCUT2D eigenvalue weighted by Crippen LogP contribution is 2.57. The molecule has 0 bridgehead atoms. The molecule has 0 fully saturated rings. The molecule has 3 rings (SSSR count). The van der Waals surface area contributed by atoms with Crippen molar-refractivity contribution < 1.29 is 14.9 Å². The lowest BCUT2D eigenvalue weighted by atomic mass is 9.75. The molecule has 0 saturated carbocycles. The minimum Gasteiger partial charge on any atom is -0.508 e. The van der Waals surface area contributed by atoms with Crippen LogP contribution < -0.4 is 4.74 Å². The number of unbranched alkanes of at least 4 members (excludes halogenated alkanes) is 1. The number of phenolic OH excluding ortho intramolecular Hbond substituents is 2. The van der Waals surface area contributed by atoms with Crippen molar-refractivity contribution in [3.63, 3.8) is 0 Å². The number of hydrogen-bond acceptors (Lipinski definition) is 3. The zero-order valence-corrected chi connectivity index (χ0v) is 15.6. The van der Waals surface area contributed by atoms with E-state index in [0.717, 1.165) is 30.4 Å². The summed E-state index contributed by atoms with van der Waals surface area (Å²) in [5.74, 6) is 1.09. The maximum atomic E-state index is 10.5. The highest BCUT2D eigenvalue weighted by Gasteiger charge is 2.48. The second kappa shape index (κ2) is 6.29. The third-order valence-electron chi connectivity index (χ3n) is 5.46. The number of fused-ring (bicyclic) bond motifs is 1. The van der Waals surface area contributed by atoms with Crippen molar-refractivity contribution in [2.75, 3.05) is 6.61 Å². The Morgan fingerprint density at radius 1 is 1.00 bits per heavy atom. The number of phenols is 2. The molecule has 25 heavy (non-hydrogen) atoms. The lowest BCUT2D eigenvalue weighted by Crippen LogP contribution is -2.24. The first-order valence-electron chi connectivity index (χ1n) is 9.09. The molecule has 0 saturated heterocycles. The van der Waals surface area contributed by atoms with Crippen molar-refractivity contribution in [3.8, 4) is 17.2 Å². The number of hydrogen-bond donors (Lipinski definition) is 2. The standard InChI is InChI=1S/C22H28O3/c1-5-6-13-25-20-18(24)12-11-17-19(20)22(4,14-21(17,2)3)15-7-9-16(23)10-8-15/h7-12,23-24H,5-6,13-14H2,1-4H3. The number of rotatable bonds is 5. The van der Waals surface area contributed by atoms with Gasteiger partial charge in [0.15, 0.2) is 11.5 Å². The van der Waals surface area contributed by atoms with Gasteiger partial charge in [0, 0.05) is 11.0 Å². The Morgan fingerprint density at radius 2 is 1.68 bits per heavy atom. The van der Waals surface area contributed by atoms with Crippen molar-refractivity contribution in [2.45, 2.75) is 57.8 Å². The molecule has 1 aliphatic rings. The van der Waals surface area contributed by atoms with Crippen LogP contribution in [0.25, 0.3) is 0 Å². The van der Waals surface area contributed by atoms with Gasteiger partial charge in [-0.1, -0.05) is 52.3 Å². The van der Waals surface area contributed by atoms with E-state index in [2.05, 4.69) is 27.7 Å². The molecule has 2 aromatic rings. The lowest BCUT2D eigenvalue weighted by Gasteiger charge is -2.29. The summed E-state index contributed by atoms with van der Waals surface area (Å²) in [5, 5.41) is 20.2. The lowest BCUT2D eigenvalue weighted by molar-refractivity contribution is 0.285. The average molecular weight is 340 g/mol. The van der Waals surface area contributed by atoms with Crippen LogP contribution in [0.1, 0.15) is 63.6 Å². The molecule has 1 atom stereocenters. The van der Waals surface area contributed by atoms with E-state index in [1.54, 1.807) is 18.2 Å². The highest BCUT2D eigenvalue weighted by molar-refractivity contribution is 5.62. The Bertz CT molecular complexity index is 762. The summed E-state index contributed by atoms with van der Waals surface area (Å²) in [7, 11) is 0. The topological polar surface area (TPSA) is 49.7 Å². The van der Waals surface area contributed by atoms with Gasteiger partial charge in [-0.15, -0.1) is 0 Å². The average Bonchev–Trinajstić information content (AvgIpc) is 2.77. The summed E-state index contributed by atoms with van der Waals surface area (Å²) in [6, 6.07) is 11.2. The largest absolute Gasteiger partial charge is 0.508 e. The molecule has 1 aliphatic carbocycles. The smallest absolute Gasteiger partial charge is 0.165 e. The summed E-state index contributed by atoms with van der Waals surface area (Å²) in [5.41, 5.74) is 3.15. The van der Waals surface area contributed by atoms with Crippen LogP contribution in [-0.4, -0.2) is 16.8 Å². The van der Waals surface area contributed by atoms with E-state index >= 15 is 0 Å². The molecule has 0 aromatic heterocycles. The van der Waals surface area contributed by atoms with Gasteiger partial charge in [0.25, 0.3) is 0 Å². The zero-order valence-electron chi connectivity index (χ0n) is 15.6. The SMILES string of the molecule is CCCCOc1c(O)ccc2c1C(C)(c1ccc(O)cc1)CC2(C)C. The van der Waals surface area contributed by atoms with E-state index < -0.39 is 0 Å². The van der Waals surface area contributed by atoms with Crippen LogP contribution in [0.4, 0.5) is 0 Å². The molecule has 2 N–H and O–H groups in total. The van der Waals surface area contributed by atoms with Gasteiger partial charge in [0.05, 0.1) is 6.61 Å². The molecule has 0 spiro atoms. The van der Waals surface area contributed by atoms with E-state index in [0.29, 0.717) is 12.4 Å². The Balaban J connectivity index is 2.17. The Morgan fingerprint density at radius 3 is 2.32 bits per heavy atom. The molecule has 134 valence electrons. The second-order valence-electron chi connectivity index (χ2n) is 7.98. The maximum Gasteiger partial charge on any atom is 0.165 e. The van der Waals surface area contributed by atoms with Gasteiger partial charge < -0.3 is 14.9 Å². The van der Waals surface area contributed by atoms with Gasteiger partial charge >= 0.3 is 0 Å². The van der Waals surface area contributed by atoms with Crippen LogP contribution >= 0.6 is 0 Å². The molecule has 0 amide bonds. The number of benzene rings is 2. The molecule has 3 heteroatoms. The van der Waals surface area contributed by atoms with Crippen molar-refractivity contribution >= 4 is 0 Å². The molecule has 0 radical (unpaired) electrons. The van der Waals surface area contributed by atoms with Crippen LogP contribution in [0, 0.1) is 0 Å². The molecule has 0 heterocycles. The Kier molecular flexibility index (Phi) is 4.44. The molecular formula is C22H28O3. The van der Waals surface area contributed by atoms with Gasteiger partial charge in [-0.3, -0.25) is 0 Å². The summed E-state index contributed by atoms with van der Waals surface area (Å²) < 4.78 is 6.05. The van der Waals surface area contributed by atoms with E-state index in [9.17, 15) is 10.2 Å². The summed E-state index contributed by atoms with van der Waals surface area (Å²) in [6.45, 7) is 9.42. The van der Waals surface area contributed by atoms with Crippen molar-refractivity contribution in [2.24, 2.45) is 0 Å². The summed E-state index contributed by atoms with van der Waals surface area (Å²) in [6.07, 6.45) is 2.94. The van der Waals surface area contributed by atoms with Gasteiger partial charge in [-0.25, -0.2) is 0 Å². The monoisotopic (exact) mass is 340 g/mol. The van der Waals surface area contributed by atoms with Gasteiger partial charge in [0.2, 0.25) is 0 Å². The fourth-order valence-electron chi connectivity index (χ4n) is 4.29. The van der Waals surface area contributed by atoms with E-state index in [-0.39, 0.29) is 22.3 Å². The number of aromatic hydroxyl groups is 2. The third kappa shape index (κ3) is 2.97. The second-order valence-corrected chi connectivity index (χ2v) is 7.98. The van der Waals surface area contributed by atoms with Crippen molar-refractivity contribution in [1.29, 1.82) is 0 Å². The van der Waals surface area contributed by atoms with Crippen LogP contribution in [0.2, 0.25) is 0 Å². The third-order valence-corrected chi connectivity index (χ3v) is 5.46. The highest BCUT2D eigenvalue weighted by atomic mass is 16.5. The van der Waals surface area contributed by atoms with Crippen LogP contribution in [0.5, 0.6) is 17.2 Å². The first-order chi connectivity index (χ1) is 11.8. The molecule has 3 nitrogen and oxygen atoms in total. The minimum absolute atomic E-state index is 0.0153. The van der Waals surface area contributed by atoms with Crippen LogP contribution in [-0.2, 0) is 10.8 Å². The molecular weight excluding hydrogens is 312 g/mol. The molecule has 1 unspecified atom stereocenters. The minimum atomic E-state index is -0.271. The van der Waals surface area contributed by atoms with Crippen molar-refractivity contribution in [3.05, 3.63) is 53.1 Å². The predicted octanol–water partition coefficient (Wildman–Crippen LogP) is 5.26. The van der Waals surface area contributed by atoms with Gasteiger partial charge in [0.1, 0.15) is 5.75 Å². The van der Waals surface area contributed by atoms with E-state index in [1.165, 1.54) is 5.56 Å². The molecule has 0 aliphatic heterocycles. The zero-order chi connectivity index (χ0) is 18.2. The fraction of sp³-hybridized carbons (Fsp3) is 0.455. The maximum absolute atomic E-state index is 10.5. The van der Waals surface area contributed by atoms with Crippen LogP contribution in [0.15, 0.2) is 36.4 Å². The normalized spacial score (nSPS) is 21.1. The fourth-order valence-corrected chi connectivity index (χ4v) is 4.29. The quantitative estimate of drug-likeness (QED) is 0.730. The molecule has 2 aromatic carbocycles. The van der Waals surface area contributed by atoms with E-state index in [1.807, 2.05) is 18.2 Å². The summed E-state index contributed by atoms with van der Waals surface area (Å²) >= 11 is 0. The Hall–Kier alpha value is -2.16. The van der Waals surface area contributed by atoms with Gasteiger partial charge in [-0.2, -0.15) is 0 Å². The summed E-state index contributed by atoms with van der Waals surface area (Å²) in [4.78, 5) is 0. The van der Waals surface area contributed by atoms with Crippen molar-refractivity contribution in [1.82, 2.24) is 0 Å². The Labute approximate surface area is 150 Å².